The van der Waals surface area contributed by atoms with Gasteiger partial charge in [-0.05, 0) is 59.3 Å². The average molecular weight is 612 g/mol. The first kappa shape index (κ1) is 44.6. The summed E-state index contributed by atoms with van der Waals surface area (Å²) >= 11 is 0. The van der Waals surface area contributed by atoms with Crippen LogP contribution < -0.4 is 0 Å². The fourth-order valence-corrected chi connectivity index (χ4v) is 3.46. The summed E-state index contributed by atoms with van der Waals surface area (Å²) in [5.41, 5.74) is 0. The van der Waals surface area contributed by atoms with Crippen LogP contribution >= 0.6 is 0 Å². The molecule has 9 nitrogen and oxygen atoms in total. The van der Waals surface area contributed by atoms with Crippen molar-refractivity contribution in [3.05, 3.63) is 35.9 Å². The molecule has 0 fully saturated rings. The van der Waals surface area contributed by atoms with Crippen molar-refractivity contribution in [2.24, 2.45) is 0 Å². The maximum atomic E-state index is 10.7. The van der Waals surface area contributed by atoms with Gasteiger partial charge in [-0.3, -0.25) is 14.4 Å². The molecule has 0 aliphatic rings. The summed E-state index contributed by atoms with van der Waals surface area (Å²) in [6, 6.07) is 0. The summed E-state index contributed by atoms with van der Waals surface area (Å²) in [4.78, 5) is 37.6. The van der Waals surface area contributed by atoms with Crippen LogP contribution in [0.4, 0.5) is 0 Å². The Bertz CT molecular complexity index is 651. The van der Waals surface area contributed by atoms with Crippen molar-refractivity contribution in [2.75, 3.05) is 39.3 Å². The molecule has 3 N–H and O–H groups in total. The maximum absolute atomic E-state index is 10.7. The predicted octanol–water partition coefficient (Wildman–Crippen LogP) is 6.29. The molecule has 0 aromatic rings. The average Bonchev–Trinajstić information content (AvgIpc) is 2.83. The minimum Gasteiger partial charge on any atom is -0.495 e. The number of carbonyl (C=O) groups is 3. The molecule has 40 heavy (non-hydrogen) atoms. The first-order valence-corrected chi connectivity index (χ1v) is 14.3. The minimum atomic E-state index is -0.116. The van der Waals surface area contributed by atoms with Gasteiger partial charge in [0.15, 0.2) is 35.0 Å². The maximum Gasteiger partial charge on any atom is 0.190 e. The Balaban J connectivity index is -0.000000240. The van der Waals surface area contributed by atoms with Crippen LogP contribution in [0, 0.1) is 0 Å². The molecule has 0 aliphatic carbocycles. The van der Waals surface area contributed by atoms with Crippen LogP contribution in [-0.2, 0) is 31.5 Å². The van der Waals surface area contributed by atoms with Gasteiger partial charge in [-0.1, -0.05) is 41.5 Å². The van der Waals surface area contributed by atoms with E-state index in [0.29, 0.717) is 0 Å². The van der Waals surface area contributed by atoms with Gasteiger partial charge in [-0.15, -0.1) is 0 Å². The van der Waals surface area contributed by atoms with E-state index in [0.717, 1.165) is 77.8 Å². The van der Waals surface area contributed by atoms with Crippen LogP contribution in [0.2, 0.25) is 0 Å². The van der Waals surface area contributed by atoms with Gasteiger partial charge >= 0.3 is 0 Å². The molecule has 0 radical (unpaired) electrons. The molecule has 0 atom stereocenters. The van der Waals surface area contributed by atoms with Crippen LogP contribution in [0.5, 0.6) is 0 Å². The van der Waals surface area contributed by atoms with Crippen molar-refractivity contribution >= 4 is 17.3 Å². The molecule has 0 unspecified atom stereocenters. The molecule has 0 saturated carbocycles. The third-order valence-corrected chi connectivity index (χ3v) is 4.93. The largest absolute Gasteiger partial charge is 0.495 e. The van der Waals surface area contributed by atoms with Crippen molar-refractivity contribution in [2.45, 2.75) is 101 Å². The van der Waals surface area contributed by atoms with E-state index in [9.17, 15) is 29.7 Å². The molecule has 0 bridgehead atoms. The Morgan fingerprint density at radius 2 is 0.600 bits per heavy atom. The van der Waals surface area contributed by atoms with E-state index in [1.807, 2.05) is 56.2 Å². The number of aliphatic hydroxyl groups excluding tert-OH is 3. The summed E-state index contributed by atoms with van der Waals surface area (Å²) < 4.78 is 0. The number of rotatable bonds is 18. The molecular weight excluding hydrogens is 554 g/mol. The molecular formula is C30H57FeN3O6. The van der Waals surface area contributed by atoms with Crippen LogP contribution in [0.25, 0.3) is 0 Å². The van der Waals surface area contributed by atoms with Crippen molar-refractivity contribution in [3.8, 4) is 0 Å². The smallest absolute Gasteiger partial charge is 0.190 e. The number of aliphatic hydroxyl groups is 3. The zero-order chi connectivity index (χ0) is 30.8. The Hall–Kier alpha value is -2.45. The van der Waals surface area contributed by atoms with E-state index in [4.69, 9.17) is 0 Å². The minimum absolute atomic E-state index is 0. The molecule has 0 aromatic heterocycles. The number of allylic oxidation sites excluding steroid dienone is 3. The summed E-state index contributed by atoms with van der Waals surface area (Å²) in [5.74, 6) is -0.0669. The molecule has 236 valence electrons. The van der Waals surface area contributed by atoms with Gasteiger partial charge in [0.25, 0.3) is 0 Å². The molecule has 0 rings (SSSR count). The number of hydrogen-bond donors (Lipinski definition) is 3. The normalized spacial score (nSPS) is 11.2. The third kappa shape index (κ3) is 27.1. The van der Waals surface area contributed by atoms with Crippen LogP contribution in [-0.4, -0.2) is 86.6 Å². The Morgan fingerprint density at radius 3 is 0.700 bits per heavy atom. The topological polar surface area (TPSA) is 122 Å². The molecule has 0 amide bonds. The third-order valence-electron chi connectivity index (χ3n) is 4.93. The molecule has 0 aromatic carbocycles. The monoisotopic (exact) mass is 611 g/mol. The summed E-state index contributed by atoms with van der Waals surface area (Å²) in [6.45, 7) is 21.4. The standard InChI is InChI=1S/3C10H19NO2.Fe/c3*1-4-6-11(7-5-2)10(13)8-9(3)12;/h3*8,13H,4-7H2,1-3H3;. The summed E-state index contributed by atoms with van der Waals surface area (Å²) in [6.07, 6.45) is 9.62. The SMILES string of the molecule is CCCN(CCC)C(O)=CC(C)=O.CCCN(CCC)C(O)=CC(C)=O.CCCN(CCC)C(O)=CC(C)=O.[Fe]. The van der Waals surface area contributed by atoms with E-state index in [2.05, 4.69) is 0 Å². The number of hydrogen-bond acceptors (Lipinski definition) is 9. The quantitative estimate of drug-likeness (QED) is 0.0933. The molecule has 10 heteroatoms. The van der Waals surface area contributed by atoms with Gasteiger partial charge < -0.3 is 30.0 Å². The van der Waals surface area contributed by atoms with Gasteiger partial charge in [0.2, 0.25) is 0 Å². The molecule has 0 aliphatic heterocycles. The second kappa shape index (κ2) is 29.5. The van der Waals surface area contributed by atoms with Crippen molar-refractivity contribution < 1.29 is 46.8 Å². The van der Waals surface area contributed by atoms with E-state index in [1.165, 1.54) is 39.0 Å². The van der Waals surface area contributed by atoms with Crippen molar-refractivity contribution in [3.63, 3.8) is 0 Å². The number of carbonyl (C=O) groups excluding carboxylic acids is 3. The van der Waals surface area contributed by atoms with Crippen LogP contribution in [0.3, 0.4) is 0 Å². The Morgan fingerprint density at radius 1 is 0.450 bits per heavy atom. The Kier molecular flexibility index (Phi) is 32.9. The Labute approximate surface area is 254 Å². The predicted molar refractivity (Wildman–Crippen MR) is 161 cm³/mol. The van der Waals surface area contributed by atoms with Crippen LogP contribution in [0.1, 0.15) is 101 Å². The van der Waals surface area contributed by atoms with Gasteiger partial charge in [0.1, 0.15) is 0 Å². The van der Waals surface area contributed by atoms with E-state index in [-0.39, 0.29) is 52.1 Å². The first-order chi connectivity index (χ1) is 18.3. The molecule has 0 heterocycles. The summed E-state index contributed by atoms with van der Waals surface area (Å²) in [7, 11) is 0. The van der Waals surface area contributed by atoms with Crippen molar-refractivity contribution in [1.82, 2.24) is 14.7 Å². The number of ketones is 3. The van der Waals surface area contributed by atoms with Gasteiger partial charge in [0.05, 0.1) is 0 Å². The fraction of sp³-hybridized carbons (Fsp3) is 0.700. The van der Waals surface area contributed by atoms with E-state index in [1.54, 1.807) is 0 Å². The zero-order valence-corrected chi connectivity index (χ0v) is 27.6. The number of nitrogens with zero attached hydrogens (tertiary/aromatic N) is 3. The van der Waals surface area contributed by atoms with Gasteiger partial charge in [0, 0.05) is 74.6 Å². The van der Waals surface area contributed by atoms with Crippen molar-refractivity contribution in [1.29, 1.82) is 0 Å². The van der Waals surface area contributed by atoms with E-state index < -0.39 is 0 Å². The zero-order valence-electron chi connectivity index (χ0n) is 26.5. The molecule has 0 saturated heterocycles. The second-order valence-electron chi connectivity index (χ2n) is 9.30. The molecule has 0 spiro atoms. The second-order valence-corrected chi connectivity index (χ2v) is 9.30. The van der Waals surface area contributed by atoms with E-state index >= 15 is 0 Å². The first-order valence-electron chi connectivity index (χ1n) is 14.3. The summed E-state index contributed by atoms with van der Waals surface area (Å²) in [5, 5.41) is 28.5. The van der Waals surface area contributed by atoms with Gasteiger partial charge in [-0.25, -0.2) is 0 Å². The van der Waals surface area contributed by atoms with Crippen LogP contribution in [0.15, 0.2) is 35.9 Å². The fourth-order valence-electron chi connectivity index (χ4n) is 3.46. The van der Waals surface area contributed by atoms with Gasteiger partial charge in [-0.2, -0.15) is 0 Å².